The summed E-state index contributed by atoms with van der Waals surface area (Å²) in [5.41, 5.74) is 0.753. The van der Waals surface area contributed by atoms with Gasteiger partial charge < -0.3 is 14.8 Å². The molecule has 0 aliphatic carbocycles. The molecule has 0 unspecified atom stereocenters. The fourth-order valence-electron chi connectivity index (χ4n) is 1.78. The number of ether oxygens (including phenoxy) is 2. The summed E-state index contributed by atoms with van der Waals surface area (Å²) in [6, 6.07) is 11.1. The van der Waals surface area contributed by atoms with Gasteiger partial charge in [0.15, 0.2) is 11.5 Å². The molecule has 0 heterocycles. The van der Waals surface area contributed by atoms with Gasteiger partial charge in [0.2, 0.25) is 0 Å². The van der Waals surface area contributed by atoms with Crippen molar-refractivity contribution in [2.24, 2.45) is 0 Å². The third-order valence-corrected chi connectivity index (χ3v) is 3.22. The molecule has 1 amide bonds. The first-order valence-corrected chi connectivity index (χ1v) is 6.98. The summed E-state index contributed by atoms with van der Waals surface area (Å²) in [6.45, 7) is -3.00. The average molecular weight is 372 g/mol. The lowest BCUT2D eigenvalue weighted by Gasteiger charge is -2.11. The summed E-state index contributed by atoms with van der Waals surface area (Å²) in [4.78, 5) is 12.2. The molecule has 116 valence electrons. The molecular weight excluding hydrogens is 360 g/mol. The van der Waals surface area contributed by atoms with Gasteiger partial charge in [-0.3, -0.25) is 4.79 Å². The number of hydrogen-bond acceptors (Lipinski definition) is 3. The molecule has 2 rings (SSSR count). The standard InChI is InChI=1S/C15H12BrF2NO3/c1-21-12-6-5-9(7-13(12)22-15(17)18)14(20)19-11-4-2-3-10(16)8-11/h2-8,15H,1H3,(H,19,20). The minimum absolute atomic E-state index is 0.124. The Morgan fingerprint density at radius 3 is 2.59 bits per heavy atom. The van der Waals surface area contributed by atoms with Gasteiger partial charge >= 0.3 is 6.61 Å². The number of carbonyl (C=O) groups is 1. The van der Waals surface area contributed by atoms with E-state index in [4.69, 9.17) is 4.74 Å². The Hall–Kier alpha value is -2.15. The third-order valence-electron chi connectivity index (χ3n) is 2.72. The summed E-state index contributed by atoms with van der Waals surface area (Å²) in [7, 11) is 1.33. The van der Waals surface area contributed by atoms with Crippen molar-refractivity contribution in [1.82, 2.24) is 0 Å². The van der Waals surface area contributed by atoms with E-state index in [1.807, 2.05) is 6.07 Å². The monoisotopic (exact) mass is 371 g/mol. The van der Waals surface area contributed by atoms with Crippen LogP contribution in [0.25, 0.3) is 0 Å². The Bertz CT molecular complexity index is 680. The normalized spacial score (nSPS) is 10.4. The summed E-state index contributed by atoms with van der Waals surface area (Å²) < 4.78 is 34.8. The van der Waals surface area contributed by atoms with Crippen LogP contribution in [0.1, 0.15) is 10.4 Å². The molecular formula is C15H12BrF2NO3. The van der Waals surface area contributed by atoms with Crippen molar-refractivity contribution in [3.8, 4) is 11.5 Å². The number of methoxy groups -OCH3 is 1. The Morgan fingerprint density at radius 2 is 1.95 bits per heavy atom. The molecule has 0 fully saturated rings. The van der Waals surface area contributed by atoms with Crippen molar-refractivity contribution in [3.63, 3.8) is 0 Å². The summed E-state index contributed by atoms with van der Waals surface area (Å²) >= 11 is 3.29. The summed E-state index contributed by atoms with van der Waals surface area (Å²) in [5, 5.41) is 2.66. The highest BCUT2D eigenvalue weighted by atomic mass is 79.9. The zero-order chi connectivity index (χ0) is 16.1. The molecule has 0 atom stereocenters. The van der Waals surface area contributed by atoms with Crippen LogP contribution < -0.4 is 14.8 Å². The molecule has 0 saturated heterocycles. The molecule has 1 N–H and O–H groups in total. The number of anilines is 1. The van der Waals surface area contributed by atoms with Gasteiger partial charge in [0.1, 0.15) is 0 Å². The van der Waals surface area contributed by atoms with Crippen LogP contribution in [0.5, 0.6) is 11.5 Å². The minimum atomic E-state index is -3.00. The lowest BCUT2D eigenvalue weighted by atomic mass is 10.2. The van der Waals surface area contributed by atoms with Gasteiger partial charge in [-0.25, -0.2) is 0 Å². The van der Waals surface area contributed by atoms with E-state index in [2.05, 4.69) is 26.0 Å². The largest absolute Gasteiger partial charge is 0.493 e. The van der Waals surface area contributed by atoms with Gasteiger partial charge in [-0.2, -0.15) is 8.78 Å². The number of halogens is 3. The second-order valence-corrected chi connectivity index (χ2v) is 5.12. The van der Waals surface area contributed by atoms with Crippen molar-refractivity contribution in [2.75, 3.05) is 12.4 Å². The molecule has 0 spiro atoms. The fraction of sp³-hybridized carbons (Fsp3) is 0.133. The van der Waals surface area contributed by atoms with Crippen LogP contribution in [0.15, 0.2) is 46.9 Å². The quantitative estimate of drug-likeness (QED) is 0.851. The van der Waals surface area contributed by atoms with Crippen LogP contribution in [-0.4, -0.2) is 19.6 Å². The number of amides is 1. The molecule has 0 radical (unpaired) electrons. The highest BCUT2D eigenvalue weighted by Crippen LogP contribution is 2.29. The van der Waals surface area contributed by atoms with Gasteiger partial charge in [0.05, 0.1) is 7.11 Å². The number of alkyl halides is 2. The molecule has 0 aromatic heterocycles. The molecule has 0 aliphatic rings. The zero-order valence-corrected chi connectivity index (χ0v) is 13.1. The Kier molecular flexibility index (Phi) is 5.32. The fourth-order valence-corrected chi connectivity index (χ4v) is 2.17. The van der Waals surface area contributed by atoms with Crippen LogP contribution in [-0.2, 0) is 0 Å². The van der Waals surface area contributed by atoms with Gasteiger partial charge in [-0.15, -0.1) is 0 Å². The number of benzene rings is 2. The van der Waals surface area contributed by atoms with Crippen molar-refractivity contribution in [1.29, 1.82) is 0 Å². The van der Waals surface area contributed by atoms with Crippen molar-refractivity contribution >= 4 is 27.5 Å². The highest BCUT2D eigenvalue weighted by Gasteiger charge is 2.14. The molecule has 0 aliphatic heterocycles. The molecule has 7 heteroatoms. The highest BCUT2D eigenvalue weighted by molar-refractivity contribution is 9.10. The van der Waals surface area contributed by atoms with Crippen LogP contribution in [0.2, 0.25) is 0 Å². The first kappa shape index (κ1) is 16.2. The Balaban J connectivity index is 2.22. The number of nitrogens with one attached hydrogen (secondary N) is 1. The molecule has 2 aromatic rings. The van der Waals surface area contributed by atoms with E-state index in [0.29, 0.717) is 5.69 Å². The van der Waals surface area contributed by atoms with E-state index in [9.17, 15) is 13.6 Å². The van der Waals surface area contributed by atoms with Crippen molar-refractivity contribution < 1.29 is 23.0 Å². The Labute approximate surface area is 134 Å². The van der Waals surface area contributed by atoms with Gasteiger partial charge in [0.25, 0.3) is 5.91 Å². The number of rotatable bonds is 5. The maximum Gasteiger partial charge on any atom is 0.387 e. The summed E-state index contributed by atoms with van der Waals surface area (Å²) in [6.07, 6.45) is 0. The topological polar surface area (TPSA) is 47.6 Å². The smallest absolute Gasteiger partial charge is 0.387 e. The lowest BCUT2D eigenvalue weighted by molar-refractivity contribution is -0.0512. The molecule has 2 aromatic carbocycles. The number of carbonyl (C=O) groups excluding carboxylic acids is 1. The maximum absolute atomic E-state index is 12.4. The van der Waals surface area contributed by atoms with Crippen LogP contribution in [0.3, 0.4) is 0 Å². The van der Waals surface area contributed by atoms with Crippen LogP contribution in [0, 0.1) is 0 Å². The molecule has 0 bridgehead atoms. The average Bonchev–Trinajstić information content (AvgIpc) is 2.46. The second-order valence-electron chi connectivity index (χ2n) is 4.21. The molecule has 22 heavy (non-hydrogen) atoms. The molecule has 0 saturated carbocycles. The lowest BCUT2D eigenvalue weighted by Crippen LogP contribution is -2.12. The van der Waals surface area contributed by atoms with Gasteiger partial charge in [-0.05, 0) is 36.4 Å². The SMILES string of the molecule is COc1ccc(C(=O)Nc2cccc(Br)c2)cc1OC(F)F. The van der Waals surface area contributed by atoms with Crippen molar-refractivity contribution in [2.45, 2.75) is 6.61 Å². The van der Waals surface area contributed by atoms with Gasteiger partial charge in [-0.1, -0.05) is 22.0 Å². The molecule has 4 nitrogen and oxygen atoms in total. The predicted molar refractivity (Wildman–Crippen MR) is 81.7 cm³/mol. The number of hydrogen-bond donors (Lipinski definition) is 1. The van der Waals surface area contributed by atoms with Crippen molar-refractivity contribution in [3.05, 3.63) is 52.5 Å². The summed E-state index contributed by atoms with van der Waals surface area (Å²) in [5.74, 6) is -0.515. The second kappa shape index (κ2) is 7.22. The van der Waals surface area contributed by atoms with E-state index in [1.54, 1.807) is 18.2 Å². The van der Waals surface area contributed by atoms with E-state index in [-0.39, 0.29) is 17.1 Å². The Morgan fingerprint density at radius 1 is 1.18 bits per heavy atom. The zero-order valence-electron chi connectivity index (χ0n) is 11.5. The van der Waals surface area contributed by atoms with E-state index in [1.165, 1.54) is 25.3 Å². The first-order valence-electron chi connectivity index (χ1n) is 6.19. The maximum atomic E-state index is 12.4. The first-order chi connectivity index (χ1) is 10.5. The minimum Gasteiger partial charge on any atom is -0.493 e. The van der Waals surface area contributed by atoms with E-state index in [0.717, 1.165) is 4.47 Å². The third kappa shape index (κ3) is 4.17. The predicted octanol–water partition coefficient (Wildman–Crippen LogP) is 4.31. The van der Waals surface area contributed by atoms with E-state index < -0.39 is 12.5 Å². The van der Waals surface area contributed by atoms with Crippen LogP contribution >= 0.6 is 15.9 Å². The van der Waals surface area contributed by atoms with Gasteiger partial charge in [0, 0.05) is 15.7 Å². The van der Waals surface area contributed by atoms with E-state index >= 15 is 0 Å². The van der Waals surface area contributed by atoms with Crippen LogP contribution in [0.4, 0.5) is 14.5 Å².